The summed E-state index contributed by atoms with van der Waals surface area (Å²) in [5.74, 6) is 0.705. The van der Waals surface area contributed by atoms with E-state index >= 15 is 0 Å². The summed E-state index contributed by atoms with van der Waals surface area (Å²) in [6.07, 6.45) is 0. The van der Waals surface area contributed by atoms with Crippen LogP contribution in [0.2, 0.25) is 0 Å². The normalized spacial score (nSPS) is 12.7. The van der Waals surface area contributed by atoms with Crippen LogP contribution in [0.5, 0.6) is 0 Å². The number of hydrogen-bond donors (Lipinski definition) is 0. The maximum atomic E-state index is 5.30. The highest BCUT2D eigenvalue weighted by molar-refractivity contribution is 6.25. The molecule has 12 aromatic rings. The van der Waals surface area contributed by atoms with E-state index in [-0.39, 0.29) is 0 Å². The van der Waals surface area contributed by atoms with E-state index in [0.29, 0.717) is 5.82 Å². The first kappa shape index (κ1) is 37.1. The molecule has 1 aliphatic carbocycles. The molecule has 2 heteroatoms. The molecule has 0 N–H and O–H groups in total. The molecule has 0 fully saturated rings. The zero-order valence-corrected chi connectivity index (χ0v) is 35.5. The first-order valence-corrected chi connectivity index (χ1v) is 22.4. The molecule has 1 aliphatic rings. The molecule has 2 nitrogen and oxygen atoms in total. The van der Waals surface area contributed by atoms with E-state index in [1.807, 2.05) is 24.3 Å². The fraction of sp³-hybridized carbons (Fsp3) is 0.0159. The summed E-state index contributed by atoms with van der Waals surface area (Å²) in [5.41, 5.74) is 16.6. The highest BCUT2D eigenvalue weighted by Gasteiger charge is 2.47. The molecule has 13 rings (SSSR count). The van der Waals surface area contributed by atoms with Gasteiger partial charge in [0.2, 0.25) is 0 Å². The van der Waals surface area contributed by atoms with Crippen molar-refractivity contribution >= 4 is 32.3 Å². The SMILES string of the molecule is c1ccc(-c2cc(-c3ccc4c(c3)C(c3ccccc3)(c3ccccc3)c3cccc(-c5ccc(-c6ccc7ccc8cccc9ccc6c7c89)cc5)c3-4)nc(-c3ccccc3)n2)cc1. The number of hydrogen-bond acceptors (Lipinski definition) is 2. The molecule has 0 saturated carbocycles. The van der Waals surface area contributed by atoms with Crippen LogP contribution in [0.1, 0.15) is 22.3 Å². The Morgan fingerprint density at radius 1 is 0.292 bits per heavy atom. The zero-order chi connectivity index (χ0) is 42.9. The Morgan fingerprint density at radius 2 is 0.800 bits per heavy atom. The predicted molar refractivity (Wildman–Crippen MR) is 270 cm³/mol. The summed E-state index contributed by atoms with van der Waals surface area (Å²) in [5, 5.41) is 7.82. The van der Waals surface area contributed by atoms with Crippen LogP contribution < -0.4 is 0 Å². The minimum absolute atomic E-state index is 0.599. The van der Waals surface area contributed by atoms with E-state index in [9.17, 15) is 0 Å². The number of fused-ring (bicyclic) bond motifs is 3. The van der Waals surface area contributed by atoms with E-state index in [1.54, 1.807) is 0 Å². The molecule has 1 aromatic heterocycles. The highest BCUT2D eigenvalue weighted by Crippen LogP contribution is 2.59. The third-order valence-electron chi connectivity index (χ3n) is 13.7. The van der Waals surface area contributed by atoms with E-state index in [2.05, 4.69) is 218 Å². The molecule has 0 aliphatic heterocycles. The van der Waals surface area contributed by atoms with Crippen LogP contribution in [0.15, 0.2) is 243 Å². The van der Waals surface area contributed by atoms with Crippen LogP contribution in [-0.4, -0.2) is 9.97 Å². The number of nitrogens with zero attached hydrogens (tertiary/aromatic N) is 2. The van der Waals surface area contributed by atoms with E-state index in [0.717, 1.165) is 28.1 Å². The third kappa shape index (κ3) is 5.81. The van der Waals surface area contributed by atoms with Gasteiger partial charge in [-0.25, -0.2) is 9.97 Å². The topological polar surface area (TPSA) is 25.8 Å². The van der Waals surface area contributed by atoms with Gasteiger partial charge in [0.25, 0.3) is 0 Å². The Morgan fingerprint density at radius 3 is 1.46 bits per heavy atom. The van der Waals surface area contributed by atoms with Gasteiger partial charge in [-0.1, -0.05) is 231 Å². The zero-order valence-electron chi connectivity index (χ0n) is 35.5. The average Bonchev–Trinajstić information content (AvgIpc) is 3.69. The molecule has 302 valence electrons. The van der Waals surface area contributed by atoms with Gasteiger partial charge >= 0.3 is 0 Å². The summed E-state index contributed by atoms with van der Waals surface area (Å²) in [6.45, 7) is 0. The molecule has 1 heterocycles. The van der Waals surface area contributed by atoms with Crippen molar-refractivity contribution in [2.75, 3.05) is 0 Å². The maximum Gasteiger partial charge on any atom is 0.160 e. The van der Waals surface area contributed by atoms with Gasteiger partial charge in [0.15, 0.2) is 5.82 Å². The van der Waals surface area contributed by atoms with Crippen LogP contribution in [-0.2, 0) is 5.41 Å². The van der Waals surface area contributed by atoms with Crippen molar-refractivity contribution in [2.45, 2.75) is 5.41 Å². The second-order valence-electron chi connectivity index (χ2n) is 17.2. The Balaban J connectivity index is 1.01. The first-order chi connectivity index (χ1) is 32.2. The lowest BCUT2D eigenvalue weighted by atomic mass is 9.67. The molecular formula is C63H40N2. The number of rotatable bonds is 7. The molecular weight excluding hydrogens is 785 g/mol. The molecule has 0 atom stereocenters. The number of aromatic nitrogens is 2. The van der Waals surface area contributed by atoms with Gasteiger partial charge in [-0.3, -0.25) is 0 Å². The Bertz CT molecular complexity index is 3620. The minimum atomic E-state index is -0.599. The predicted octanol–water partition coefficient (Wildman–Crippen LogP) is 16.1. The monoisotopic (exact) mass is 824 g/mol. The lowest BCUT2D eigenvalue weighted by Gasteiger charge is -2.34. The van der Waals surface area contributed by atoms with Gasteiger partial charge in [-0.15, -0.1) is 0 Å². The van der Waals surface area contributed by atoms with Crippen molar-refractivity contribution in [3.05, 3.63) is 265 Å². The first-order valence-electron chi connectivity index (χ1n) is 22.4. The summed E-state index contributed by atoms with van der Waals surface area (Å²) in [7, 11) is 0. The molecule has 0 bridgehead atoms. The Kier molecular flexibility index (Phi) is 8.47. The number of benzene rings is 11. The third-order valence-corrected chi connectivity index (χ3v) is 13.7. The molecule has 0 saturated heterocycles. The van der Waals surface area contributed by atoms with Gasteiger partial charge in [-0.05, 0) is 100 Å². The molecule has 0 radical (unpaired) electrons. The summed E-state index contributed by atoms with van der Waals surface area (Å²) in [4.78, 5) is 10.4. The lowest BCUT2D eigenvalue weighted by molar-refractivity contribution is 0.769. The van der Waals surface area contributed by atoms with Crippen molar-refractivity contribution in [2.24, 2.45) is 0 Å². The van der Waals surface area contributed by atoms with Gasteiger partial charge in [-0.2, -0.15) is 0 Å². The van der Waals surface area contributed by atoms with Gasteiger partial charge < -0.3 is 0 Å². The summed E-state index contributed by atoms with van der Waals surface area (Å²) < 4.78 is 0. The highest BCUT2D eigenvalue weighted by atomic mass is 14.9. The quantitative estimate of drug-likeness (QED) is 0.150. The van der Waals surface area contributed by atoms with Crippen molar-refractivity contribution < 1.29 is 0 Å². The molecule has 65 heavy (non-hydrogen) atoms. The Hall–Kier alpha value is -8.46. The van der Waals surface area contributed by atoms with Crippen molar-refractivity contribution in [1.82, 2.24) is 9.97 Å². The smallest absolute Gasteiger partial charge is 0.160 e. The molecule has 0 spiro atoms. The standard InChI is InChI=1S/C63H40N2/c1-5-15-43(16-6-1)57-40-58(65-62(64-57)47-17-7-2-8-18-47)48-35-38-54-56(39-48)63(49-21-9-3-10-22-49,50-23-11-4-12-24-50)55-26-14-25-52(61(54)55)42-29-27-41(28-30-42)51-36-33-46-32-31-44-19-13-20-45-34-37-53(51)60(46)59(44)45/h1-40H. The fourth-order valence-electron chi connectivity index (χ4n) is 10.8. The van der Waals surface area contributed by atoms with Crippen LogP contribution in [0.3, 0.4) is 0 Å². The molecule has 0 amide bonds. The molecule has 11 aromatic carbocycles. The largest absolute Gasteiger partial charge is 0.228 e. The van der Waals surface area contributed by atoms with Crippen molar-refractivity contribution in [1.29, 1.82) is 0 Å². The van der Waals surface area contributed by atoms with Gasteiger partial charge in [0.1, 0.15) is 0 Å². The van der Waals surface area contributed by atoms with Gasteiger partial charge in [0, 0.05) is 16.7 Å². The van der Waals surface area contributed by atoms with Crippen LogP contribution in [0.25, 0.3) is 99.6 Å². The van der Waals surface area contributed by atoms with Crippen LogP contribution in [0, 0.1) is 0 Å². The Labute approximate surface area is 378 Å². The maximum absolute atomic E-state index is 5.30. The minimum Gasteiger partial charge on any atom is -0.228 e. The van der Waals surface area contributed by atoms with E-state index in [4.69, 9.17) is 9.97 Å². The van der Waals surface area contributed by atoms with Gasteiger partial charge in [0.05, 0.1) is 16.8 Å². The van der Waals surface area contributed by atoms with Crippen molar-refractivity contribution in [3.8, 4) is 67.3 Å². The second-order valence-corrected chi connectivity index (χ2v) is 17.2. The lowest BCUT2D eigenvalue weighted by Crippen LogP contribution is -2.28. The van der Waals surface area contributed by atoms with Crippen LogP contribution >= 0.6 is 0 Å². The second kappa shape index (κ2) is 14.8. The van der Waals surface area contributed by atoms with E-state index < -0.39 is 5.41 Å². The van der Waals surface area contributed by atoms with E-state index in [1.165, 1.54) is 88.0 Å². The average molecular weight is 825 g/mol. The summed E-state index contributed by atoms with van der Waals surface area (Å²) in [6, 6.07) is 88.4. The van der Waals surface area contributed by atoms with Crippen molar-refractivity contribution in [3.63, 3.8) is 0 Å². The summed E-state index contributed by atoms with van der Waals surface area (Å²) >= 11 is 0. The van der Waals surface area contributed by atoms with Crippen LogP contribution in [0.4, 0.5) is 0 Å². The fourth-order valence-corrected chi connectivity index (χ4v) is 10.8. The molecule has 0 unspecified atom stereocenters.